The van der Waals surface area contributed by atoms with Crippen LogP contribution < -0.4 is 15.4 Å². The molecule has 1 aliphatic heterocycles. The Kier molecular flexibility index (Phi) is 6.62. The molecule has 0 radical (unpaired) electrons. The molecule has 6 heteroatoms. The van der Waals surface area contributed by atoms with Gasteiger partial charge in [0.05, 0.1) is 17.6 Å². The van der Waals surface area contributed by atoms with E-state index in [-0.39, 0.29) is 24.4 Å². The predicted octanol–water partition coefficient (Wildman–Crippen LogP) is 2.96. The van der Waals surface area contributed by atoms with Crippen LogP contribution in [-0.4, -0.2) is 25.6 Å². The first-order valence-corrected chi connectivity index (χ1v) is 6.88. The summed E-state index contributed by atoms with van der Waals surface area (Å²) in [7, 11) is 1.62. The quantitative estimate of drug-likeness (QED) is 0.882. The molecule has 0 aliphatic carbocycles. The van der Waals surface area contributed by atoms with Crippen molar-refractivity contribution >= 4 is 39.9 Å². The van der Waals surface area contributed by atoms with Gasteiger partial charge in [0, 0.05) is 5.69 Å². The summed E-state index contributed by atoms with van der Waals surface area (Å²) in [5, 5.41) is 6.14. The van der Waals surface area contributed by atoms with E-state index in [4.69, 9.17) is 4.74 Å². The Labute approximate surface area is 127 Å². The molecule has 1 heterocycles. The maximum atomic E-state index is 12.0. The number of halogens is 2. The molecule has 0 saturated carbocycles. The Hall–Kier alpha value is -0.780. The van der Waals surface area contributed by atoms with Crippen LogP contribution in [0.3, 0.4) is 0 Å². The minimum Gasteiger partial charge on any atom is -0.496 e. The summed E-state index contributed by atoms with van der Waals surface area (Å²) in [5.74, 6) is 0.788. The molecular weight excluding hydrogens is 332 g/mol. The zero-order chi connectivity index (χ0) is 13.0. The van der Waals surface area contributed by atoms with E-state index in [1.807, 2.05) is 18.2 Å². The summed E-state index contributed by atoms with van der Waals surface area (Å²) in [6, 6.07) is 5.44. The molecule has 1 fully saturated rings. The van der Waals surface area contributed by atoms with Crippen LogP contribution in [0.15, 0.2) is 22.7 Å². The number of ether oxygens (including phenoxy) is 1. The molecule has 0 bridgehead atoms. The number of anilines is 1. The third kappa shape index (κ3) is 4.37. The van der Waals surface area contributed by atoms with Gasteiger partial charge in [-0.3, -0.25) is 4.79 Å². The number of piperidine rings is 1. The molecule has 2 rings (SSSR count). The van der Waals surface area contributed by atoms with Crippen molar-refractivity contribution in [2.75, 3.05) is 19.0 Å². The first-order chi connectivity index (χ1) is 8.70. The van der Waals surface area contributed by atoms with E-state index in [0.29, 0.717) is 0 Å². The Bertz CT molecular complexity index is 437. The molecule has 1 atom stereocenters. The van der Waals surface area contributed by atoms with Gasteiger partial charge < -0.3 is 15.4 Å². The van der Waals surface area contributed by atoms with Gasteiger partial charge in [0.1, 0.15) is 5.75 Å². The van der Waals surface area contributed by atoms with E-state index in [1.54, 1.807) is 7.11 Å². The first-order valence-electron chi connectivity index (χ1n) is 6.08. The van der Waals surface area contributed by atoms with Crippen LogP contribution in [0.4, 0.5) is 5.69 Å². The van der Waals surface area contributed by atoms with Gasteiger partial charge in [-0.05, 0) is 53.5 Å². The van der Waals surface area contributed by atoms with Crippen LogP contribution in [-0.2, 0) is 4.79 Å². The van der Waals surface area contributed by atoms with E-state index in [0.717, 1.165) is 41.7 Å². The highest BCUT2D eigenvalue weighted by Crippen LogP contribution is 2.27. The second-order valence-corrected chi connectivity index (χ2v) is 5.20. The zero-order valence-electron chi connectivity index (χ0n) is 10.7. The molecule has 4 nitrogen and oxygen atoms in total. The fraction of sp³-hybridized carbons (Fsp3) is 0.462. The summed E-state index contributed by atoms with van der Waals surface area (Å²) < 4.78 is 5.98. The number of nitrogens with one attached hydrogen (secondary N) is 2. The number of rotatable bonds is 3. The summed E-state index contributed by atoms with van der Waals surface area (Å²) >= 11 is 3.40. The highest BCUT2D eigenvalue weighted by molar-refractivity contribution is 9.10. The van der Waals surface area contributed by atoms with Crippen LogP contribution in [0.1, 0.15) is 19.3 Å². The second-order valence-electron chi connectivity index (χ2n) is 4.34. The molecule has 1 aromatic rings. The summed E-state index contributed by atoms with van der Waals surface area (Å²) in [6.07, 6.45) is 3.17. The molecule has 1 aliphatic rings. The van der Waals surface area contributed by atoms with Gasteiger partial charge in [0.25, 0.3) is 0 Å². The van der Waals surface area contributed by atoms with Crippen molar-refractivity contribution in [3.63, 3.8) is 0 Å². The Morgan fingerprint density at radius 3 is 2.84 bits per heavy atom. The Balaban J connectivity index is 0.00000180. The number of amides is 1. The zero-order valence-corrected chi connectivity index (χ0v) is 13.1. The third-order valence-corrected chi connectivity index (χ3v) is 3.67. The van der Waals surface area contributed by atoms with E-state index < -0.39 is 0 Å². The van der Waals surface area contributed by atoms with Crippen molar-refractivity contribution in [3.05, 3.63) is 22.7 Å². The molecular formula is C13H18BrClN2O2. The highest BCUT2D eigenvalue weighted by atomic mass is 79.9. The fourth-order valence-electron chi connectivity index (χ4n) is 2.05. The Morgan fingerprint density at radius 1 is 1.47 bits per heavy atom. The number of hydrogen-bond acceptors (Lipinski definition) is 3. The van der Waals surface area contributed by atoms with Crippen molar-refractivity contribution < 1.29 is 9.53 Å². The van der Waals surface area contributed by atoms with E-state index in [9.17, 15) is 4.79 Å². The van der Waals surface area contributed by atoms with Crippen LogP contribution in [0.2, 0.25) is 0 Å². The van der Waals surface area contributed by atoms with Crippen molar-refractivity contribution in [2.24, 2.45) is 0 Å². The lowest BCUT2D eigenvalue weighted by molar-refractivity contribution is -0.118. The maximum Gasteiger partial charge on any atom is 0.241 e. The normalized spacial score (nSPS) is 18.3. The lowest BCUT2D eigenvalue weighted by atomic mass is 10.0. The van der Waals surface area contributed by atoms with E-state index in [2.05, 4.69) is 26.6 Å². The molecule has 0 aromatic heterocycles. The van der Waals surface area contributed by atoms with Gasteiger partial charge in [-0.1, -0.05) is 6.42 Å². The van der Waals surface area contributed by atoms with Crippen LogP contribution in [0.25, 0.3) is 0 Å². The lowest BCUT2D eigenvalue weighted by Gasteiger charge is -2.22. The predicted molar refractivity (Wildman–Crippen MR) is 82.2 cm³/mol. The average Bonchev–Trinajstić information content (AvgIpc) is 2.40. The second kappa shape index (κ2) is 7.72. The summed E-state index contributed by atoms with van der Waals surface area (Å²) in [6.45, 7) is 0.921. The smallest absolute Gasteiger partial charge is 0.241 e. The number of carbonyl (C=O) groups is 1. The largest absolute Gasteiger partial charge is 0.496 e. The molecule has 0 unspecified atom stereocenters. The number of hydrogen-bond donors (Lipinski definition) is 2. The monoisotopic (exact) mass is 348 g/mol. The SMILES string of the molecule is COc1ccc(NC(=O)[C@@H]2CCCCN2)cc1Br.Cl. The topological polar surface area (TPSA) is 50.4 Å². The van der Waals surface area contributed by atoms with Crippen molar-refractivity contribution in [3.8, 4) is 5.75 Å². The standard InChI is InChI=1S/C13H17BrN2O2.ClH/c1-18-12-6-5-9(8-10(12)14)16-13(17)11-4-2-3-7-15-11;/h5-6,8,11,15H,2-4,7H2,1H3,(H,16,17);1H/t11-;/m0./s1. The van der Waals surface area contributed by atoms with Crippen LogP contribution in [0.5, 0.6) is 5.75 Å². The molecule has 106 valence electrons. The van der Waals surface area contributed by atoms with Gasteiger partial charge in [0.15, 0.2) is 0 Å². The number of carbonyl (C=O) groups excluding carboxylic acids is 1. The van der Waals surface area contributed by atoms with Gasteiger partial charge in [-0.15, -0.1) is 12.4 Å². The fourth-order valence-corrected chi connectivity index (χ4v) is 2.59. The summed E-state index contributed by atoms with van der Waals surface area (Å²) in [5.41, 5.74) is 0.778. The Morgan fingerprint density at radius 2 is 2.26 bits per heavy atom. The maximum absolute atomic E-state index is 12.0. The minimum absolute atomic E-state index is 0. The lowest BCUT2D eigenvalue weighted by Crippen LogP contribution is -2.43. The average molecular weight is 350 g/mol. The van der Waals surface area contributed by atoms with E-state index in [1.165, 1.54) is 0 Å². The van der Waals surface area contributed by atoms with Gasteiger partial charge in [-0.2, -0.15) is 0 Å². The van der Waals surface area contributed by atoms with Crippen LogP contribution >= 0.6 is 28.3 Å². The van der Waals surface area contributed by atoms with Gasteiger partial charge >= 0.3 is 0 Å². The number of methoxy groups -OCH3 is 1. The van der Waals surface area contributed by atoms with Gasteiger partial charge in [0.2, 0.25) is 5.91 Å². The molecule has 1 saturated heterocycles. The number of benzene rings is 1. The van der Waals surface area contributed by atoms with E-state index >= 15 is 0 Å². The minimum atomic E-state index is -0.0698. The molecule has 19 heavy (non-hydrogen) atoms. The molecule has 1 aromatic carbocycles. The van der Waals surface area contributed by atoms with Crippen molar-refractivity contribution in [2.45, 2.75) is 25.3 Å². The summed E-state index contributed by atoms with van der Waals surface area (Å²) in [4.78, 5) is 12.0. The molecule has 1 amide bonds. The highest BCUT2D eigenvalue weighted by Gasteiger charge is 2.20. The third-order valence-electron chi connectivity index (χ3n) is 3.05. The van der Waals surface area contributed by atoms with Gasteiger partial charge in [-0.25, -0.2) is 0 Å². The van der Waals surface area contributed by atoms with Crippen molar-refractivity contribution in [1.29, 1.82) is 0 Å². The molecule has 2 N–H and O–H groups in total. The van der Waals surface area contributed by atoms with Crippen LogP contribution in [0, 0.1) is 0 Å². The van der Waals surface area contributed by atoms with Crippen molar-refractivity contribution in [1.82, 2.24) is 5.32 Å². The first kappa shape index (κ1) is 16.3. The molecule has 0 spiro atoms.